The number of hydrogen-bond acceptors (Lipinski definition) is 4. The third kappa shape index (κ3) is 2.56. The minimum Gasteiger partial charge on any atom is -0.384 e. The van der Waals surface area contributed by atoms with Crippen LogP contribution >= 0.6 is 15.2 Å². The molecule has 0 aromatic heterocycles. The first-order valence-corrected chi connectivity index (χ1v) is 7.81. The molecule has 10 heteroatoms. The van der Waals surface area contributed by atoms with Gasteiger partial charge < -0.3 is 29.8 Å². The Hall–Kier alpha value is -0.560. The number of benzene rings is 1. The third-order valence-corrected chi connectivity index (χ3v) is 6.11. The predicted molar refractivity (Wildman–Crippen MR) is 60.4 cm³/mol. The van der Waals surface area contributed by atoms with Crippen molar-refractivity contribution in [3.63, 3.8) is 0 Å². The van der Waals surface area contributed by atoms with Crippen LogP contribution in [0, 0.1) is 0 Å². The van der Waals surface area contributed by atoms with Crippen LogP contribution in [0.4, 0.5) is 0 Å². The van der Waals surface area contributed by atoms with Crippen molar-refractivity contribution in [1.29, 1.82) is 0 Å². The molecule has 1 unspecified atom stereocenters. The molecule has 0 saturated carbocycles. The van der Waals surface area contributed by atoms with Gasteiger partial charge in [-0.3, -0.25) is 9.13 Å². The molecule has 1 aromatic carbocycles. The second-order valence-electron chi connectivity index (χ2n) is 3.59. The van der Waals surface area contributed by atoms with Crippen molar-refractivity contribution >= 4 is 15.2 Å². The number of hydrogen-bond donors (Lipinski definition) is 6. The van der Waals surface area contributed by atoms with E-state index in [1.165, 1.54) is 30.3 Å². The molecule has 0 heterocycles. The van der Waals surface area contributed by atoms with Crippen molar-refractivity contribution in [3.8, 4) is 0 Å². The Bertz CT molecular complexity index is 481. The molecule has 0 bridgehead atoms. The molecule has 0 aliphatic heterocycles. The quantitative estimate of drug-likeness (QED) is 0.414. The van der Waals surface area contributed by atoms with Crippen LogP contribution in [-0.2, 0) is 9.13 Å². The molecule has 0 spiro atoms. The van der Waals surface area contributed by atoms with Crippen molar-refractivity contribution in [1.82, 2.24) is 0 Å². The van der Waals surface area contributed by atoms with Crippen LogP contribution < -0.4 is 0 Å². The van der Waals surface area contributed by atoms with Crippen LogP contribution in [0.1, 0.15) is 11.7 Å². The second kappa shape index (κ2) is 4.85. The van der Waals surface area contributed by atoms with E-state index in [4.69, 9.17) is 19.6 Å². The molecule has 1 atom stereocenters. The molecule has 0 radical (unpaired) electrons. The Morgan fingerprint density at radius 3 is 1.67 bits per heavy atom. The van der Waals surface area contributed by atoms with Gasteiger partial charge in [-0.2, -0.15) is 0 Å². The van der Waals surface area contributed by atoms with Gasteiger partial charge in [0.25, 0.3) is 5.08 Å². The molecule has 6 N–H and O–H groups in total. The fourth-order valence-corrected chi connectivity index (χ4v) is 3.64. The number of aliphatic hydroxyl groups is 2. The molecule has 0 amide bonds. The van der Waals surface area contributed by atoms with Gasteiger partial charge in [0, 0.05) is 0 Å². The Kier molecular flexibility index (Phi) is 4.17. The van der Waals surface area contributed by atoms with E-state index < -0.39 is 26.4 Å². The van der Waals surface area contributed by atoms with E-state index in [1.54, 1.807) is 0 Å². The topological polar surface area (TPSA) is 156 Å². The van der Waals surface area contributed by atoms with Gasteiger partial charge >= 0.3 is 15.2 Å². The minimum absolute atomic E-state index is 0.230. The van der Waals surface area contributed by atoms with Crippen molar-refractivity contribution in [2.24, 2.45) is 0 Å². The fourth-order valence-electron chi connectivity index (χ4n) is 1.35. The van der Waals surface area contributed by atoms with Gasteiger partial charge in [0.05, 0.1) is 0 Å². The highest BCUT2D eigenvalue weighted by Gasteiger charge is 2.64. The molecule has 0 fully saturated rings. The fraction of sp³-hybridized carbons (Fsp3) is 0.250. The van der Waals surface area contributed by atoms with Crippen LogP contribution in [0.15, 0.2) is 30.3 Å². The molecule has 1 aromatic rings. The van der Waals surface area contributed by atoms with E-state index in [9.17, 15) is 19.3 Å². The molecule has 102 valence electrons. The Morgan fingerprint density at radius 2 is 1.33 bits per heavy atom. The zero-order valence-electron chi connectivity index (χ0n) is 8.86. The maximum absolute atomic E-state index is 11.1. The molecule has 8 nitrogen and oxygen atoms in total. The summed E-state index contributed by atoms with van der Waals surface area (Å²) < 4.78 is 22.2. The maximum Gasteiger partial charge on any atom is 0.372 e. The Labute approximate surface area is 102 Å². The molecular weight excluding hydrogens is 286 g/mol. The summed E-state index contributed by atoms with van der Waals surface area (Å²) in [6.45, 7) is 0. The first-order valence-electron chi connectivity index (χ1n) is 4.58. The van der Waals surface area contributed by atoms with E-state index in [2.05, 4.69) is 0 Å². The summed E-state index contributed by atoms with van der Waals surface area (Å²) in [5.41, 5.74) is -0.230. The lowest BCUT2D eigenvalue weighted by Crippen LogP contribution is -2.36. The van der Waals surface area contributed by atoms with Crippen molar-refractivity contribution in [2.75, 3.05) is 0 Å². The molecule has 0 aliphatic rings. The minimum atomic E-state index is -5.69. The monoisotopic (exact) mass is 298 g/mol. The molecule has 1 rings (SSSR count). The van der Waals surface area contributed by atoms with Gasteiger partial charge in [-0.05, 0) is 5.56 Å². The van der Waals surface area contributed by atoms with Crippen LogP contribution in [0.2, 0.25) is 0 Å². The average molecular weight is 298 g/mol. The summed E-state index contributed by atoms with van der Waals surface area (Å²) in [5, 5.41) is 15.4. The van der Waals surface area contributed by atoms with Crippen molar-refractivity contribution < 1.29 is 38.9 Å². The van der Waals surface area contributed by atoms with E-state index in [0.29, 0.717) is 0 Å². The van der Waals surface area contributed by atoms with Gasteiger partial charge in [0.15, 0.2) is 0 Å². The van der Waals surface area contributed by atoms with E-state index in [-0.39, 0.29) is 5.56 Å². The summed E-state index contributed by atoms with van der Waals surface area (Å²) in [6, 6.07) is 6.60. The summed E-state index contributed by atoms with van der Waals surface area (Å²) in [6.07, 6.45) is -2.43. The zero-order valence-corrected chi connectivity index (χ0v) is 10.6. The standard InChI is InChI=1S/C8H12O8P2/c9-7(6-4-2-1-3-5-6)8(10,17(11,12)13)18(14,15)16/h1-5,7,9-10H,(H2,11,12,13)(H2,14,15,16). The van der Waals surface area contributed by atoms with Crippen LogP contribution in [0.3, 0.4) is 0 Å². The highest BCUT2D eigenvalue weighted by atomic mass is 31.2. The Morgan fingerprint density at radius 1 is 0.944 bits per heavy atom. The Balaban J connectivity index is 3.40. The molecule has 18 heavy (non-hydrogen) atoms. The van der Waals surface area contributed by atoms with Gasteiger partial charge in [-0.15, -0.1) is 0 Å². The summed E-state index contributed by atoms with van der Waals surface area (Å²) in [4.78, 5) is 35.7. The first kappa shape index (κ1) is 15.5. The van der Waals surface area contributed by atoms with Gasteiger partial charge in [0.1, 0.15) is 6.10 Å². The zero-order chi connectivity index (χ0) is 14.2. The lowest BCUT2D eigenvalue weighted by atomic mass is 10.1. The molecule has 0 saturated heterocycles. The number of rotatable bonds is 4. The van der Waals surface area contributed by atoms with Gasteiger partial charge in [-0.1, -0.05) is 30.3 Å². The second-order valence-corrected chi connectivity index (χ2v) is 7.48. The van der Waals surface area contributed by atoms with Crippen molar-refractivity contribution in [3.05, 3.63) is 35.9 Å². The highest BCUT2D eigenvalue weighted by Crippen LogP contribution is 2.71. The lowest BCUT2D eigenvalue weighted by Gasteiger charge is -2.33. The summed E-state index contributed by atoms with van der Waals surface area (Å²) >= 11 is 0. The SMILES string of the molecule is O=P(O)(O)C(O)(C(O)c1ccccc1)P(=O)(O)O. The summed E-state index contributed by atoms with van der Waals surface area (Å²) in [5.74, 6) is 0. The van der Waals surface area contributed by atoms with Crippen LogP contribution in [0.25, 0.3) is 0 Å². The van der Waals surface area contributed by atoms with Crippen LogP contribution in [-0.4, -0.2) is 34.9 Å². The smallest absolute Gasteiger partial charge is 0.372 e. The largest absolute Gasteiger partial charge is 0.384 e. The molecule has 0 aliphatic carbocycles. The first-order chi connectivity index (χ1) is 8.02. The van der Waals surface area contributed by atoms with Crippen LogP contribution in [0.5, 0.6) is 0 Å². The summed E-state index contributed by atoms with van der Waals surface area (Å²) in [7, 11) is -11.4. The van der Waals surface area contributed by atoms with Gasteiger partial charge in [0.2, 0.25) is 0 Å². The van der Waals surface area contributed by atoms with Gasteiger partial charge in [-0.25, -0.2) is 0 Å². The van der Waals surface area contributed by atoms with Crippen molar-refractivity contribution in [2.45, 2.75) is 11.2 Å². The molecular formula is C8H12O8P2. The van der Waals surface area contributed by atoms with E-state index in [1.807, 2.05) is 0 Å². The number of aliphatic hydroxyl groups excluding tert-OH is 1. The normalized spacial score (nSPS) is 15.4. The highest BCUT2D eigenvalue weighted by molar-refractivity contribution is 7.72. The predicted octanol–water partition coefficient (Wildman–Crippen LogP) is -0.279. The van der Waals surface area contributed by atoms with E-state index >= 15 is 0 Å². The van der Waals surface area contributed by atoms with E-state index in [0.717, 1.165) is 0 Å². The average Bonchev–Trinajstić information content (AvgIpc) is 2.25. The maximum atomic E-state index is 11.1. The lowest BCUT2D eigenvalue weighted by molar-refractivity contribution is 0.00597. The third-order valence-electron chi connectivity index (χ3n) is 2.34.